The fourth-order valence-corrected chi connectivity index (χ4v) is 3.02. The largest absolute Gasteiger partial charge is 0.336 e. The normalized spacial score (nSPS) is 16.9. The zero-order valence-electron chi connectivity index (χ0n) is 15.2. The van der Waals surface area contributed by atoms with Crippen LogP contribution in [0.25, 0.3) is 0 Å². The number of hydrogen-bond donors (Lipinski definition) is 3. The molecule has 6 nitrogen and oxygen atoms in total. The molecule has 27 heavy (non-hydrogen) atoms. The Hall–Kier alpha value is -2.57. The molecule has 142 valence electrons. The first-order valence-electron chi connectivity index (χ1n) is 8.89. The second kappa shape index (κ2) is 8.88. The number of hydrogen-bond acceptors (Lipinski definition) is 3. The number of urea groups is 1. The molecule has 0 spiro atoms. The Morgan fingerprint density at radius 1 is 1.15 bits per heavy atom. The Morgan fingerprint density at radius 2 is 1.81 bits per heavy atom. The van der Waals surface area contributed by atoms with Gasteiger partial charge in [0.1, 0.15) is 0 Å². The second-order valence-electron chi connectivity index (χ2n) is 6.69. The number of piperazine rings is 1. The van der Waals surface area contributed by atoms with Crippen LogP contribution in [0, 0.1) is 0 Å². The van der Waals surface area contributed by atoms with Crippen LogP contribution >= 0.6 is 11.6 Å². The summed E-state index contributed by atoms with van der Waals surface area (Å²) in [5.41, 5.74) is 2.71. The summed E-state index contributed by atoms with van der Waals surface area (Å²) >= 11 is 5.85. The monoisotopic (exact) mass is 386 g/mol. The fraction of sp³-hybridized carbons (Fsp3) is 0.300. The lowest BCUT2D eigenvalue weighted by atomic mass is 10.1. The van der Waals surface area contributed by atoms with Crippen molar-refractivity contribution in [1.82, 2.24) is 15.5 Å². The van der Waals surface area contributed by atoms with Gasteiger partial charge in [0.05, 0.1) is 6.54 Å². The van der Waals surface area contributed by atoms with Crippen molar-refractivity contribution in [2.75, 3.05) is 18.4 Å². The summed E-state index contributed by atoms with van der Waals surface area (Å²) in [6, 6.07) is 14.9. The average Bonchev–Trinajstić information content (AvgIpc) is 2.66. The minimum Gasteiger partial charge on any atom is -0.336 e. The van der Waals surface area contributed by atoms with Crippen LogP contribution in [-0.4, -0.2) is 36.0 Å². The van der Waals surface area contributed by atoms with Crippen LogP contribution < -0.4 is 16.0 Å². The van der Waals surface area contributed by atoms with E-state index >= 15 is 0 Å². The Balaban J connectivity index is 1.48. The van der Waals surface area contributed by atoms with Crippen LogP contribution in [0.15, 0.2) is 48.5 Å². The predicted molar refractivity (Wildman–Crippen MR) is 107 cm³/mol. The van der Waals surface area contributed by atoms with E-state index in [1.165, 1.54) is 0 Å². The zero-order chi connectivity index (χ0) is 19.2. The molecule has 2 aromatic carbocycles. The maximum atomic E-state index is 12.0. The van der Waals surface area contributed by atoms with Gasteiger partial charge in [0.15, 0.2) is 0 Å². The van der Waals surface area contributed by atoms with E-state index in [2.05, 4.69) is 22.9 Å². The van der Waals surface area contributed by atoms with Gasteiger partial charge in [-0.2, -0.15) is 0 Å². The molecule has 0 saturated carbocycles. The van der Waals surface area contributed by atoms with E-state index in [1.54, 1.807) is 12.1 Å². The minimum absolute atomic E-state index is 0.108. The summed E-state index contributed by atoms with van der Waals surface area (Å²) in [5.74, 6) is 0.108. The van der Waals surface area contributed by atoms with Crippen molar-refractivity contribution in [3.63, 3.8) is 0 Å². The van der Waals surface area contributed by atoms with Crippen molar-refractivity contribution in [2.45, 2.75) is 26.1 Å². The number of rotatable bonds is 5. The van der Waals surface area contributed by atoms with Gasteiger partial charge < -0.3 is 20.9 Å². The molecule has 3 rings (SSSR count). The van der Waals surface area contributed by atoms with E-state index in [1.807, 2.05) is 41.3 Å². The highest BCUT2D eigenvalue weighted by atomic mass is 35.5. The number of anilines is 1. The Bertz CT molecular complexity index is 793. The highest BCUT2D eigenvalue weighted by Crippen LogP contribution is 2.13. The molecule has 1 aliphatic rings. The van der Waals surface area contributed by atoms with E-state index in [-0.39, 0.29) is 11.9 Å². The lowest BCUT2D eigenvalue weighted by Crippen LogP contribution is -2.52. The number of carbonyl (C=O) groups excluding carboxylic acids is 2. The molecule has 3 N–H and O–H groups in total. The number of nitrogens with one attached hydrogen (secondary N) is 3. The molecule has 0 aliphatic carbocycles. The standard InChI is InChI=1S/C20H23ClN4O2/c1-14-12-25(19(26)11-22-14)13-16-4-8-18(9-5-16)24-20(27)23-10-15-2-6-17(21)7-3-15/h2-9,14,22H,10-13H2,1H3,(H2,23,24,27)/t14-/m0/s1. The van der Waals surface area contributed by atoms with Gasteiger partial charge in [-0.05, 0) is 42.3 Å². The van der Waals surface area contributed by atoms with Gasteiger partial charge in [-0.25, -0.2) is 4.79 Å². The maximum absolute atomic E-state index is 12.0. The third kappa shape index (κ3) is 5.70. The van der Waals surface area contributed by atoms with Crippen molar-refractivity contribution in [3.8, 4) is 0 Å². The summed E-state index contributed by atoms with van der Waals surface area (Å²) in [5, 5.41) is 9.43. The van der Waals surface area contributed by atoms with Crippen LogP contribution in [0.3, 0.4) is 0 Å². The SMILES string of the molecule is C[C@H]1CN(Cc2ccc(NC(=O)NCc3ccc(Cl)cc3)cc2)C(=O)CN1. The van der Waals surface area contributed by atoms with Crippen molar-refractivity contribution < 1.29 is 9.59 Å². The molecular formula is C20H23ClN4O2. The molecule has 1 saturated heterocycles. The third-order valence-electron chi connectivity index (χ3n) is 4.40. The summed E-state index contributed by atoms with van der Waals surface area (Å²) in [6.45, 7) is 4.15. The first-order valence-corrected chi connectivity index (χ1v) is 9.27. The summed E-state index contributed by atoms with van der Waals surface area (Å²) in [7, 11) is 0. The number of amides is 3. The highest BCUT2D eigenvalue weighted by Gasteiger charge is 2.22. The molecule has 1 atom stereocenters. The topological polar surface area (TPSA) is 73.5 Å². The van der Waals surface area contributed by atoms with E-state index in [9.17, 15) is 9.59 Å². The fourth-order valence-electron chi connectivity index (χ4n) is 2.90. The molecule has 0 aromatic heterocycles. The van der Waals surface area contributed by atoms with Gasteiger partial charge in [-0.15, -0.1) is 0 Å². The summed E-state index contributed by atoms with van der Waals surface area (Å²) < 4.78 is 0. The lowest BCUT2D eigenvalue weighted by molar-refractivity contribution is -0.133. The average molecular weight is 387 g/mol. The second-order valence-corrected chi connectivity index (χ2v) is 7.12. The number of nitrogens with zero attached hydrogens (tertiary/aromatic N) is 1. The van der Waals surface area contributed by atoms with Crippen LogP contribution in [0.5, 0.6) is 0 Å². The Morgan fingerprint density at radius 3 is 2.52 bits per heavy atom. The van der Waals surface area contributed by atoms with Crippen LogP contribution in [-0.2, 0) is 17.9 Å². The zero-order valence-corrected chi connectivity index (χ0v) is 15.9. The highest BCUT2D eigenvalue weighted by molar-refractivity contribution is 6.30. The lowest BCUT2D eigenvalue weighted by Gasteiger charge is -2.31. The molecule has 1 aliphatic heterocycles. The van der Waals surface area contributed by atoms with E-state index in [0.29, 0.717) is 42.9 Å². The molecule has 1 fully saturated rings. The van der Waals surface area contributed by atoms with Crippen LogP contribution in [0.4, 0.5) is 10.5 Å². The third-order valence-corrected chi connectivity index (χ3v) is 4.65. The van der Waals surface area contributed by atoms with Crippen molar-refractivity contribution >= 4 is 29.2 Å². The van der Waals surface area contributed by atoms with Crippen molar-refractivity contribution in [2.24, 2.45) is 0 Å². The first-order chi connectivity index (χ1) is 13.0. The number of carbonyl (C=O) groups is 2. The summed E-state index contributed by atoms with van der Waals surface area (Å²) in [4.78, 5) is 25.8. The molecule has 0 radical (unpaired) electrons. The molecule has 3 amide bonds. The number of benzene rings is 2. The maximum Gasteiger partial charge on any atom is 0.319 e. The van der Waals surface area contributed by atoms with Crippen LogP contribution in [0.1, 0.15) is 18.1 Å². The van der Waals surface area contributed by atoms with Crippen molar-refractivity contribution in [3.05, 3.63) is 64.7 Å². The van der Waals surface area contributed by atoms with Gasteiger partial charge in [-0.3, -0.25) is 4.79 Å². The summed E-state index contributed by atoms with van der Waals surface area (Å²) in [6.07, 6.45) is 0. The quantitative estimate of drug-likeness (QED) is 0.739. The number of halogens is 1. The van der Waals surface area contributed by atoms with Crippen LogP contribution in [0.2, 0.25) is 5.02 Å². The van der Waals surface area contributed by atoms with E-state index in [4.69, 9.17) is 11.6 Å². The Kier molecular flexibility index (Phi) is 6.32. The minimum atomic E-state index is -0.274. The smallest absolute Gasteiger partial charge is 0.319 e. The van der Waals surface area contributed by atoms with Gasteiger partial charge in [0.25, 0.3) is 0 Å². The van der Waals surface area contributed by atoms with Crippen molar-refractivity contribution in [1.29, 1.82) is 0 Å². The first kappa shape index (κ1) is 19.2. The van der Waals surface area contributed by atoms with Gasteiger partial charge in [0, 0.05) is 36.4 Å². The van der Waals surface area contributed by atoms with Gasteiger partial charge in [-0.1, -0.05) is 35.9 Å². The molecule has 0 unspecified atom stereocenters. The molecule has 7 heteroatoms. The van der Waals surface area contributed by atoms with Gasteiger partial charge in [0.2, 0.25) is 5.91 Å². The Labute approximate surface area is 163 Å². The molecule has 2 aromatic rings. The van der Waals surface area contributed by atoms with E-state index < -0.39 is 0 Å². The molecule has 1 heterocycles. The predicted octanol–water partition coefficient (Wildman–Crippen LogP) is 2.98. The van der Waals surface area contributed by atoms with Gasteiger partial charge >= 0.3 is 6.03 Å². The van der Waals surface area contributed by atoms with E-state index in [0.717, 1.165) is 11.1 Å². The molecular weight excluding hydrogens is 364 g/mol. The molecule has 0 bridgehead atoms.